The van der Waals surface area contributed by atoms with Crippen LogP contribution in [-0.4, -0.2) is 60.4 Å². The first-order chi connectivity index (χ1) is 10.1. The van der Waals surface area contributed by atoms with Crippen molar-refractivity contribution < 1.29 is 9.90 Å². The van der Waals surface area contributed by atoms with E-state index in [0.29, 0.717) is 0 Å². The monoisotopic (exact) mass is 308 g/mol. The highest BCUT2D eigenvalue weighted by Crippen LogP contribution is 2.23. The molecule has 1 saturated heterocycles. The van der Waals surface area contributed by atoms with E-state index in [1.807, 2.05) is 42.5 Å². The van der Waals surface area contributed by atoms with Crippen LogP contribution < -0.4 is 0 Å². The Balaban J connectivity index is 2.00. The first kappa shape index (κ1) is 16.3. The second-order valence-electron chi connectivity index (χ2n) is 5.54. The summed E-state index contributed by atoms with van der Waals surface area (Å²) in [5, 5.41) is 9.56. The Hall–Kier alpha value is -1.04. The van der Waals surface area contributed by atoms with Crippen LogP contribution >= 0.6 is 11.8 Å². The number of carboxylic acid groups (broad SMARTS) is 1. The third-order valence-corrected chi connectivity index (χ3v) is 4.82. The van der Waals surface area contributed by atoms with Crippen LogP contribution in [0.1, 0.15) is 24.4 Å². The summed E-state index contributed by atoms with van der Waals surface area (Å²) in [6, 6.07) is 7.27. The average molecular weight is 308 g/mol. The summed E-state index contributed by atoms with van der Waals surface area (Å²) in [5.41, 5.74) is 0.851. The lowest BCUT2D eigenvalue weighted by molar-refractivity contribution is -0.143. The molecule has 0 aliphatic carbocycles. The fourth-order valence-electron chi connectivity index (χ4n) is 2.81. The molecule has 1 N–H and O–H groups in total. The van der Waals surface area contributed by atoms with Gasteiger partial charge >= 0.3 is 5.97 Å². The molecule has 0 saturated carbocycles. The highest BCUT2D eigenvalue weighted by atomic mass is 32.2. The Morgan fingerprint density at radius 1 is 1.33 bits per heavy atom. The number of nitrogens with zero attached hydrogens (tertiary/aromatic N) is 2. The smallest absolute Gasteiger partial charge is 0.325 e. The van der Waals surface area contributed by atoms with Crippen LogP contribution in [0, 0.1) is 0 Å². The first-order valence-electron chi connectivity index (χ1n) is 7.41. The van der Waals surface area contributed by atoms with Gasteiger partial charge in [-0.25, -0.2) is 0 Å². The van der Waals surface area contributed by atoms with E-state index in [-0.39, 0.29) is 0 Å². The highest BCUT2D eigenvalue weighted by Gasteiger charge is 2.25. The molecule has 1 aliphatic heterocycles. The zero-order valence-electron chi connectivity index (χ0n) is 12.8. The molecule has 0 aromatic heterocycles. The normalized spacial score (nSPS) is 17.3. The van der Waals surface area contributed by atoms with Gasteiger partial charge in [0.25, 0.3) is 0 Å². The number of thioether (sulfide) groups is 1. The largest absolute Gasteiger partial charge is 0.480 e. The van der Waals surface area contributed by atoms with Crippen molar-refractivity contribution in [1.82, 2.24) is 9.80 Å². The van der Waals surface area contributed by atoms with Crippen LogP contribution in [-0.2, 0) is 4.79 Å². The minimum absolute atomic E-state index is 0.566. The van der Waals surface area contributed by atoms with Gasteiger partial charge in [-0.15, -0.1) is 11.8 Å². The maximum Gasteiger partial charge on any atom is 0.325 e. The van der Waals surface area contributed by atoms with Gasteiger partial charge in [-0.2, -0.15) is 0 Å². The predicted octanol–water partition coefficient (Wildman–Crippen LogP) is 2.56. The highest BCUT2D eigenvalue weighted by molar-refractivity contribution is 7.98. The molecule has 1 fully saturated rings. The summed E-state index contributed by atoms with van der Waals surface area (Å²) in [7, 11) is 1.90. The number of likely N-dealkylation sites (N-methyl/N-ethyl adjacent to an activating group) is 1. The van der Waals surface area contributed by atoms with Crippen molar-refractivity contribution in [1.29, 1.82) is 0 Å². The van der Waals surface area contributed by atoms with Gasteiger partial charge in [-0.1, -0.05) is 12.1 Å². The van der Waals surface area contributed by atoms with E-state index in [9.17, 15) is 9.90 Å². The molecule has 0 amide bonds. The molecule has 0 bridgehead atoms. The fraction of sp³-hybridized carbons (Fsp3) is 0.562. The Morgan fingerprint density at radius 3 is 2.48 bits per heavy atom. The maximum absolute atomic E-state index is 11.6. The van der Waals surface area contributed by atoms with E-state index in [4.69, 9.17) is 0 Å². The molecular weight excluding hydrogens is 284 g/mol. The van der Waals surface area contributed by atoms with Crippen molar-refractivity contribution >= 4 is 17.7 Å². The molecule has 1 aliphatic rings. The zero-order valence-corrected chi connectivity index (χ0v) is 13.6. The standard InChI is InChI=1S/C16H24N2O2S/c1-17(11-12-18-9-3-4-10-18)15(16(19)20)13-5-7-14(21-2)8-6-13/h5-8,15H,3-4,9-12H2,1-2H3,(H,19,20). The number of benzene rings is 1. The molecule has 1 unspecified atom stereocenters. The molecule has 1 atom stereocenters. The molecule has 5 heteroatoms. The first-order valence-corrected chi connectivity index (χ1v) is 8.63. The van der Waals surface area contributed by atoms with Crippen LogP contribution in [0.15, 0.2) is 29.2 Å². The molecule has 1 aromatic rings. The summed E-state index contributed by atoms with van der Waals surface area (Å²) >= 11 is 1.67. The Labute approximate surface area is 131 Å². The Bertz CT molecular complexity index is 458. The van der Waals surface area contributed by atoms with Crippen LogP contribution in [0.3, 0.4) is 0 Å². The van der Waals surface area contributed by atoms with Gasteiger partial charge in [0, 0.05) is 18.0 Å². The second kappa shape index (κ2) is 7.82. The van der Waals surface area contributed by atoms with Crippen LogP contribution in [0.2, 0.25) is 0 Å². The minimum atomic E-state index is -0.782. The number of rotatable bonds is 7. The van der Waals surface area contributed by atoms with Crippen molar-refractivity contribution in [3.63, 3.8) is 0 Å². The van der Waals surface area contributed by atoms with Crippen LogP contribution in [0.4, 0.5) is 0 Å². The third kappa shape index (κ3) is 4.46. The van der Waals surface area contributed by atoms with Gasteiger partial charge in [0.15, 0.2) is 0 Å². The van der Waals surface area contributed by atoms with Gasteiger partial charge in [0.2, 0.25) is 0 Å². The summed E-state index contributed by atoms with van der Waals surface area (Å²) < 4.78 is 0. The van der Waals surface area contributed by atoms with Crippen LogP contribution in [0.25, 0.3) is 0 Å². The third-order valence-electron chi connectivity index (χ3n) is 4.07. The van der Waals surface area contributed by atoms with Gasteiger partial charge in [0.1, 0.15) is 6.04 Å². The molecule has 116 valence electrons. The average Bonchev–Trinajstić information content (AvgIpc) is 2.99. The quantitative estimate of drug-likeness (QED) is 0.784. The van der Waals surface area contributed by atoms with Gasteiger partial charge in [-0.05, 0) is 56.9 Å². The van der Waals surface area contributed by atoms with Crippen molar-refractivity contribution in [3.8, 4) is 0 Å². The minimum Gasteiger partial charge on any atom is -0.480 e. The van der Waals surface area contributed by atoms with E-state index in [1.54, 1.807) is 11.8 Å². The predicted molar refractivity (Wildman–Crippen MR) is 86.9 cm³/mol. The molecule has 21 heavy (non-hydrogen) atoms. The van der Waals surface area contributed by atoms with E-state index >= 15 is 0 Å². The lowest BCUT2D eigenvalue weighted by Crippen LogP contribution is -2.37. The number of hydrogen-bond acceptors (Lipinski definition) is 4. The number of carbonyl (C=O) groups is 1. The maximum atomic E-state index is 11.6. The second-order valence-corrected chi connectivity index (χ2v) is 6.42. The Kier molecular flexibility index (Phi) is 6.08. The molecule has 0 radical (unpaired) electrons. The fourth-order valence-corrected chi connectivity index (χ4v) is 3.21. The van der Waals surface area contributed by atoms with E-state index < -0.39 is 12.0 Å². The van der Waals surface area contributed by atoms with Gasteiger partial charge in [0.05, 0.1) is 0 Å². The van der Waals surface area contributed by atoms with E-state index in [1.165, 1.54) is 12.8 Å². The van der Waals surface area contributed by atoms with Gasteiger partial charge in [-0.3, -0.25) is 9.69 Å². The molecule has 0 spiro atoms. The molecule has 1 aromatic carbocycles. The zero-order chi connectivity index (χ0) is 15.2. The lowest BCUT2D eigenvalue weighted by Gasteiger charge is -2.27. The summed E-state index contributed by atoms with van der Waals surface area (Å²) in [6.07, 6.45) is 4.55. The Morgan fingerprint density at radius 2 is 1.95 bits per heavy atom. The number of likely N-dealkylation sites (tertiary alicyclic amines) is 1. The van der Waals surface area contributed by atoms with Crippen LogP contribution in [0.5, 0.6) is 0 Å². The number of carboxylic acids is 1. The topological polar surface area (TPSA) is 43.8 Å². The summed E-state index contributed by atoms with van der Waals surface area (Å²) in [6.45, 7) is 4.02. The number of aliphatic carboxylic acids is 1. The van der Waals surface area contributed by atoms with Gasteiger partial charge < -0.3 is 10.0 Å². The molecule has 1 heterocycles. The summed E-state index contributed by atoms with van der Waals surface area (Å²) in [5.74, 6) is -0.782. The number of hydrogen-bond donors (Lipinski definition) is 1. The summed E-state index contributed by atoms with van der Waals surface area (Å²) in [4.78, 5) is 17.1. The van der Waals surface area contributed by atoms with E-state index in [2.05, 4.69) is 4.90 Å². The van der Waals surface area contributed by atoms with Crippen molar-refractivity contribution in [3.05, 3.63) is 29.8 Å². The van der Waals surface area contributed by atoms with Crippen molar-refractivity contribution in [2.75, 3.05) is 39.5 Å². The molecule has 2 rings (SSSR count). The van der Waals surface area contributed by atoms with Crippen molar-refractivity contribution in [2.24, 2.45) is 0 Å². The SMILES string of the molecule is CSc1ccc(C(C(=O)O)N(C)CCN2CCCC2)cc1. The lowest BCUT2D eigenvalue weighted by atomic mass is 10.1. The molecular formula is C16H24N2O2S. The van der Waals surface area contributed by atoms with Crippen molar-refractivity contribution in [2.45, 2.75) is 23.8 Å². The van der Waals surface area contributed by atoms with E-state index in [0.717, 1.165) is 36.6 Å². The molecule has 4 nitrogen and oxygen atoms in total.